The van der Waals surface area contributed by atoms with E-state index in [2.05, 4.69) is 60.5 Å². The minimum atomic E-state index is 0.260. The van der Waals surface area contributed by atoms with Crippen molar-refractivity contribution in [3.8, 4) is 0 Å². The zero-order valence-corrected chi connectivity index (χ0v) is 11.4. The molecule has 0 amide bonds. The second kappa shape index (κ2) is 6.95. The Balaban J connectivity index is 1.97. The van der Waals surface area contributed by atoms with Crippen LogP contribution in [0.2, 0.25) is 0 Å². The van der Waals surface area contributed by atoms with Gasteiger partial charge in [-0.05, 0) is 36.1 Å². The second-order valence-electron chi connectivity index (χ2n) is 4.84. The van der Waals surface area contributed by atoms with Crippen molar-refractivity contribution in [3.63, 3.8) is 0 Å². The number of nitrogens with zero attached hydrogens (tertiary/aromatic N) is 1. The van der Waals surface area contributed by atoms with Crippen LogP contribution in [0.25, 0.3) is 0 Å². The molecular weight excluding hydrogens is 234 g/mol. The summed E-state index contributed by atoms with van der Waals surface area (Å²) in [5, 5.41) is 8.83. The van der Waals surface area contributed by atoms with Gasteiger partial charge in [-0.1, -0.05) is 42.5 Å². The fraction of sp³-hybridized carbons (Fsp3) is 0.294. The maximum absolute atomic E-state index is 8.83. The average molecular weight is 255 g/mol. The fourth-order valence-corrected chi connectivity index (χ4v) is 2.15. The standard InChI is InChI=1S/C17H21NO/c1-18(14-16-6-3-2-4-7-16)17-11-9-15(10-12-17)8-5-13-19/h2-4,6-7,9-12,19H,5,8,13-14H2,1H3. The molecule has 0 heterocycles. The maximum atomic E-state index is 8.83. The molecule has 2 heteroatoms. The molecule has 0 aliphatic carbocycles. The van der Waals surface area contributed by atoms with Gasteiger partial charge < -0.3 is 10.0 Å². The van der Waals surface area contributed by atoms with Crippen molar-refractivity contribution >= 4 is 5.69 Å². The lowest BCUT2D eigenvalue weighted by Gasteiger charge is -2.19. The molecule has 2 aromatic carbocycles. The molecule has 2 aromatic rings. The molecule has 0 saturated carbocycles. The number of rotatable bonds is 6. The summed E-state index contributed by atoms with van der Waals surface area (Å²) in [7, 11) is 2.11. The van der Waals surface area contributed by atoms with E-state index in [0.717, 1.165) is 19.4 Å². The molecule has 0 fully saturated rings. The highest BCUT2D eigenvalue weighted by atomic mass is 16.2. The first-order chi connectivity index (χ1) is 9.29. The Morgan fingerprint density at radius 3 is 2.21 bits per heavy atom. The Kier molecular flexibility index (Phi) is 4.99. The normalized spacial score (nSPS) is 10.4. The highest BCUT2D eigenvalue weighted by molar-refractivity contribution is 5.47. The van der Waals surface area contributed by atoms with Crippen LogP contribution in [-0.4, -0.2) is 18.8 Å². The summed E-state index contributed by atoms with van der Waals surface area (Å²) in [5.41, 5.74) is 3.82. The van der Waals surface area contributed by atoms with Crippen molar-refractivity contribution in [2.24, 2.45) is 0 Å². The first-order valence-corrected chi connectivity index (χ1v) is 6.74. The van der Waals surface area contributed by atoms with Gasteiger partial charge in [0, 0.05) is 25.9 Å². The summed E-state index contributed by atoms with van der Waals surface area (Å²) < 4.78 is 0. The Morgan fingerprint density at radius 2 is 1.58 bits per heavy atom. The van der Waals surface area contributed by atoms with Gasteiger partial charge in [-0.3, -0.25) is 0 Å². The number of hydrogen-bond acceptors (Lipinski definition) is 2. The predicted molar refractivity (Wildman–Crippen MR) is 80.4 cm³/mol. The summed E-state index contributed by atoms with van der Waals surface area (Å²) in [5.74, 6) is 0. The maximum Gasteiger partial charge on any atom is 0.0434 e. The van der Waals surface area contributed by atoms with Crippen LogP contribution in [0.1, 0.15) is 17.5 Å². The molecule has 2 rings (SSSR count). The van der Waals surface area contributed by atoms with Gasteiger partial charge in [-0.2, -0.15) is 0 Å². The number of benzene rings is 2. The molecule has 0 unspecified atom stereocenters. The zero-order valence-electron chi connectivity index (χ0n) is 11.4. The predicted octanol–water partition coefficient (Wildman–Crippen LogP) is 3.25. The summed E-state index contributed by atoms with van der Waals surface area (Å²) >= 11 is 0. The van der Waals surface area contributed by atoms with Gasteiger partial charge in [-0.15, -0.1) is 0 Å². The van der Waals surface area contributed by atoms with Crippen molar-refractivity contribution in [3.05, 3.63) is 65.7 Å². The van der Waals surface area contributed by atoms with Crippen LogP contribution in [-0.2, 0) is 13.0 Å². The van der Waals surface area contributed by atoms with E-state index >= 15 is 0 Å². The van der Waals surface area contributed by atoms with E-state index in [1.165, 1.54) is 16.8 Å². The average Bonchev–Trinajstić information content (AvgIpc) is 2.46. The SMILES string of the molecule is CN(Cc1ccccc1)c1ccc(CCCO)cc1. The first-order valence-electron chi connectivity index (χ1n) is 6.74. The molecule has 0 spiro atoms. The highest BCUT2D eigenvalue weighted by Gasteiger charge is 2.02. The van der Waals surface area contributed by atoms with Crippen molar-refractivity contribution in [1.29, 1.82) is 0 Å². The van der Waals surface area contributed by atoms with Gasteiger partial charge in [0.1, 0.15) is 0 Å². The van der Waals surface area contributed by atoms with Gasteiger partial charge >= 0.3 is 0 Å². The lowest BCUT2D eigenvalue weighted by atomic mass is 10.1. The molecule has 0 atom stereocenters. The lowest BCUT2D eigenvalue weighted by molar-refractivity contribution is 0.288. The molecule has 1 N–H and O–H groups in total. The molecule has 2 nitrogen and oxygen atoms in total. The Hall–Kier alpha value is -1.80. The second-order valence-corrected chi connectivity index (χ2v) is 4.84. The summed E-state index contributed by atoms with van der Waals surface area (Å²) in [4.78, 5) is 2.24. The number of aliphatic hydroxyl groups is 1. The Bertz CT molecular complexity index is 478. The number of hydrogen-bond donors (Lipinski definition) is 1. The van der Waals surface area contributed by atoms with Crippen molar-refractivity contribution in [2.45, 2.75) is 19.4 Å². The Labute approximate surface area is 115 Å². The fourth-order valence-electron chi connectivity index (χ4n) is 2.15. The molecule has 19 heavy (non-hydrogen) atoms. The summed E-state index contributed by atoms with van der Waals surface area (Å²) in [6, 6.07) is 19.1. The molecule has 0 saturated heterocycles. The first kappa shape index (κ1) is 13.6. The van der Waals surface area contributed by atoms with Gasteiger partial charge in [0.15, 0.2) is 0 Å². The van der Waals surface area contributed by atoms with Crippen LogP contribution < -0.4 is 4.90 Å². The molecular formula is C17H21NO. The van der Waals surface area contributed by atoms with Crippen LogP contribution in [0.5, 0.6) is 0 Å². The van der Waals surface area contributed by atoms with Crippen LogP contribution in [0.3, 0.4) is 0 Å². The molecule has 0 aromatic heterocycles. The van der Waals surface area contributed by atoms with Gasteiger partial charge in [0.25, 0.3) is 0 Å². The van der Waals surface area contributed by atoms with Crippen molar-refractivity contribution in [2.75, 3.05) is 18.6 Å². The highest BCUT2D eigenvalue weighted by Crippen LogP contribution is 2.17. The topological polar surface area (TPSA) is 23.5 Å². The molecule has 0 bridgehead atoms. The van der Waals surface area contributed by atoms with Gasteiger partial charge in [-0.25, -0.2) is 0 Å². The summed E-state index contributed by atoms with van der Waals surface area (Å²) in [6.45, 7) is 1.17. The third kappa shape index (κ3) is 4.11. The van der Waals surface area contributed by atoms with E-state index in [4.69, 9.17) is 5.11 Å². The Morgan fingerprint density at radius 1 is 0.895 bits per heavy atom. The smallest absolute Gasteiger partial charge is 0.0434 e. The van der Waals surface area contributed by atoms with E-state index in [9.17, 15) is 0 Å². The van der Waals surface area contributed by atoms with E-state index in [-0.39, 0.29) is 6.61 Å². The van der Waals surface area contributed by atoms with Crippen LogP contribution in [0, 0.1) is 0 Å². The third-order valence-electron chi connectivity index (χ3n) is 3.26. The molecule has 0 aliphatic rings. The van der Waals surface area contributed by atoms with Crippen molar-refractivity contribution in [1.82, 2.24) is 0 Å². The molecule has 0 aliphatic heterocycles. The molecule has 0 radical (unpaired) electrons. The van der Waals surface area contributed by atoms with Gasteiger partial charge in [0.05, 0.1) is 0 Å². The van der Waals surface area contributed by atoms with E-state index in [1.807, 2.05) is 6.07 Å². The number of aryl methyl sites for hydroxylation is 1. The van der Waals surface area contributed by atoms with Crippen LogP contribution >= 0.6 is 0 Å². The van der Waals surface area contributed by atoms with E-state index in [1.54, 1.807) is 0 Å². The van der Waals surface area contributed by atoms with Crippen LogP contribution in [0.15, 0.2) is 54.6 Å². The van der Waals surface area contributed by atoms with Crippen LogP contribution in [0.4, 0.5) is 5.69 Å². The molecule has 100 valence electrons. The van der Waals surface area contributed by atoms with Crippen molar-refractivity contribution < 1.29 is 5.11 Å². The van der Waals surface area contributed by atoms with E-state index in [0.29, 0.717) is 0 Å². The largest absolute Gasteiger partial charge is 0.396 e. The zero-order chi connectivity index (χ0) is 13.5. The minimum absolute atomic E-state index is 0.260. The third-order valence-corrected chi connectivity index (χ3v) is 3.26. The summed E-state index contributed by atoms with van der Waals surface area (Å²) in [6.07, 6.45) is 1.78. The van der Waals surface area contributed by atoms with Gasteiger partial charge in [0.2, 0.25) is 0 Å². The quantitative estimate of drug-likeness (QED) is 0.856. The lowest BCUT2D eigenvalue weighted by Crippen LogP contribution is -2.16. The van der Waals surface area contributed by atoms with E-state index < -0.39 is 0 Å². The number of aliphatic hydroxyl groups excluding tert-OH is 1. The monoisotopic (exact) mass is 255 g/mol. The minimum Gasteiger partial charge on any atom is -0.396 e. The number of anilines is 1.